The average molecular weight is 389 g/mol. The maximum atomic E-state index is 12.0. The van der Waals surface area contributed by atoms with Gasteiger partial charge in [0.15, 0.2) is 5.76 Å². The van der Waals surface area contributed by atoms with Crippen molar-refractivity contribution >= 4 is 21.6 Å². The zero-order valence-electron chi connectivity index (χ0n) is 14.0. The number of nitrogens with zero attached hydrogens (tertiary/aromatic N) is 1. The van der Waals surface area contributed by atoms with E-state index in [1.807, 2.05) is 6.92 Å². The maximum Gasteiger partial charge on any atom is 0.238 e. The van der Waals surface area contributed by atoms with Crippen molar-refractivity contribution in [2.75, 3.05) is 0 Å². The molecule has 0 aliphatic rings. The maximum absolute atomic E-state index is 12.0. The summed E-state index contributed by atoms with van der Waals surface area (Å²) in [6.07, 6.45) is 1.70. The molecule has 5 nitrogen and oxygen atoms in total. The van der Waals surface area contributed by atoms with Crippen molar-refractivity contribution in [2.45, 2.75) is 17.7 Å². The van der Waals surface area contributed by atoms with E-state index in [1.54, 1.807) is 48.5 Å². The molecule has 134 valence electrons. The lowest BCUT2D eigenvalue weighted by molar-refractivity contribution is 0.495. The van der Waals surface area contributed by atoms with Gasteiger partial charge in [-0.25, -0.2) is 18.5 Å². The molecule has 0 aliphatic heterocycles. The minimum atomic E-state index is -3.93. The van der Waals surface area contributed by atoms with E-state index in [1.165, 1.54) is 6.07 Å². The molecular formula is C19H17ClN2O3S. The minimum Gasteiger partial charge on any atom is -0.439 e. The van der Waals surface area contributed by atoms with E-state index < -0.39 is 10.0 Å². The molecule has 1 unspecified atom stereocenters. The van der Waals surface area contributed by atoms with Crippen LogP contribution < -0.4 is 5.14 Å². The van der Waals surface area contributed by atoms with Crippen LogP contribution in [0.4, 0.5) is 0 Å². The van der Waals surface area contributed by atoms with Gasteiger partial charge in [0.25, 0.3) is 0 Å². The molecule has 0 amide bonds. The highest BCUT2D eigenvalue weighted by atomic mass is 35.5. The third-order valence-electron chi connectivity index (χ3n) is 3.94. The number of halogens is 1. The lowest BCUT2D eigenvalue weighted by atomic mass is 10.1. The van der Waals surface area contributed by atoms with Gasteiger partial charge in [-0.3, -0.25) is 0 Å². The molecular weight excluding hydrogens is 372 g/mol. The van der Waals surface area contributed by atoms with E-state index in [2.05, 4.69) is 11.6 Å². The Balaban J connectivity index is 2.29. The number of allylic oxidation sites excluding steroid dienone is 1. The molecule has 0 saturated heterocycles. The van der Waals surface area contributed by atoms with Gasteiger partial charge >= 0.3 is 0 Å². The predicted octanol–water partition coefficient (Wildman–Crippen LogP) is 4.60. The van der Waals surface area contributed by atoms with E-state index >= 15 is 0 Å². The fourth-order valence-electron chi connectivity index (χ4n) is 2.52. The van der Waals surface area contributed by atoms with Crippen LogP contribution in [-0.2, 0) is 10.0 Å². The van der Waals surface area contributed by atoms with Crippen LogP contribution in [0.2, 0.25) is 5.02 Å². The zero-order valence-corrected chi connectivity index (χ0v) is 15.6. The van der Waals surface area contributed by atoms with E-state index in [-0.39, 0.29) is 10.8 Å². The quantitative estimate of drug-likeness (QED) is 0.647. The summed E-state index contributed by atoms with van der Waals surface area (Å²) >= 11 is 5.96. The summed E-state index contributed by atoms with van der Waals surface area (Å²) in [5.41, 5.74) is 1.51. The summed E-state index contributed by atoms with van der Waals surface area (Å²) in [4.78, 5) is 4.52. The van der Waals surface area contributed by atoms with Crippen molar-refractivity contribution in [1.82, 2.24) is 4.98 Å². The highest BCUT2D eigenvalue weighted by molar-refractivity contribution is 7.89. The van der Waals surface area contributed by atoms with Crippen LogP contribution in [0.15, 0.2) is 70.5 Å². The highest BCUT2D eigenvalue weighted by Gasteiger charge is 2.24. The molecule has 26 heavy (non-hydrogen) atoms. The molecule has 0 bridgehead atoms. The van der Waals surface area contributed by atoms with Crippen molar-refractivity contribution in [2.24, 2.45) is 5.14 Å². The predicted molar refractivity (Wildman–Crippen MR) is 102 cm³/mol. The fourth-order valence-corrected chi connectivity index (χ4v) is 3.39. The molecule has 7 heteroatoms. The summed E-state index contributed by atoms with van der Waals surface area (Å²) in [7, 11) is -3.93. The van der Waals surface area contributed by atoms with Crippen molar-refractivity contribution in [3.8, 4) is 22.6 Å². The Kier molecular flexibility index (Phi) is 5.00. The van der Waals surface area contributed by atoms with E-state index in [4.69, 9.17) is 21.2 Å². The van der Waals surface area contributed by atoms with Crippen molar-refractivity contribution < 1.29 is 12.8 Å². The van der Waals surface area contributed by atoms with Gasteiger partial charge < -0.3 is 4.42 Å². The van der Waals surface area contributed by atoms with Crippen LogP contribution in [-0.4, -0.2) is 13.4 Å². The number of primary sulfonamides is 1. The van der Waals surface area contributed by atoms with Gasteiger partial charge in [0.05, 0.1) is 10.8 Å². The molecule has 1 heterocycles. The van der Waals surface area contributed by atoms with E-state index in [0.29, 0.717) is 27.9 Å². The van der Waals surface area contributed by atoms with Crippen molar-refractivity contribution in [3.05, 3.63) is 72.1 Å². The lowest BCUT2D eigenvalue weighted by Gasteiger charge is -2.07. The molecule has 3 aromatic rings. The highest BCUT2D eigenvalue weighted by Crippen LogP contribution is 2.37. The van der Waals surface area contributed by atoms with Crippen LogP contribution in [0.5, 0.6) is 0 Å². The van der Waals surface area contributed by atoms with Crippen molar-refractivity contribution in [3.63, 3.8) is 0 Å². The Bertz CT molecular complexity index is 1060. The normalized spacial score (nSPS) is 12.7. The van der Waals surface area contributed by atoms with Crippen LogP contribution in [0.3, 0.4) is 0 Å². The first-order chi connectivity index (χ1) is 12.3. The molecule has 2 N–H and O–H groups in total. The van der Waals surface area contributed by atoms with Gasteiger partial charge in [-0.15, -0.1) is 6.58 Å². The second-order valence-electron chi connectivity index (χ2n) is 5.80. The first-order valence-electron chi connectivity index (χ1n) is 7.82. The van der Waals surface area contributed by atoms with Gasteiger partial charge in [0, 0.05) is 16.1 Å². The Hall–Kier alpha value is -2.41. The number of hydrogen-bond acceptors (Lipinski definition) is 4. The number of rotatable bonds is 5. The molecule has 1 atom stereocenters. The Morgan fingerprint density at radius 1 is 1.19 bits per heavy atom. The monoisotopic (exact) mass is 388 g/mol. The van der Waals surface area contributed by atoms with Gasteiger partial charge in [-0.2, -0.15) is 0 Å². The average Bonchev–Trinajstić information content (AvgIpc) is 3.06. The first-order valence-corrected chi connectivity index (χ1v) is 9.75. The Labute approximate surface area is 157 Å². The van der Waals surface area contributed by atoms with Crippen molar-refractivity contribution in [1.29, 1.82) is 0 Å². The second-order valence-corrected chi connectivity index (χ2v) is 7.77. The minimum absolute atomic E-state index is 0.0127. The van der Waals surface area contributed by atoms with Crippen LogP contribution in [0, 0.1) is 0 Å². The van der Waals surface area contributed by atoms with E-state index in [0.717, 1.165) is 5.56 Å². The molecule has 0 spiro atoms. The first kappa shape index (κ1) is 18.4. The molecule has 0 saturated carbocycles. The standard InChI is InChI=1S/C19H17ClN2O3S/c1-3-12(2)19-22-17(15-6-4-5-7-16(15)26(21,23)24)18(25-19)13-8-10-14(20)11-9-13/h3-12H,1H2,2H3,(H2,21,23,24). The molecule has 3 rings (SSSR count). The van der Waals surface area contributed by atoms with Crippen LogP contribution >= 0.6 is 11.6 Å². The fraction of sp³-hybridized carbons (Fsp3) is 0.105. The number of nitrogens with two attached hydrogens (primary N) is 1. The Morgan fingerprint density at radius 2 is 1.85 bits per heavy atom. The lowest BCUT2D eigenvalue weighted by Crippen LogP contribution is -2.13. The summed E-state index contributed by atoms with van der Waals surface area (Å²) in [6.45, 7) is 5.65. The second kappa shape index (κ2) is 7.07. The van der Waals surface area contributed by atoms with Crippen LogP contribution in [0.25, 0.3) is 22.6 Å². The number of sulfonamides is 1. The molecule has 0 radical (unpaired) electrons. The zero-order chi connectivity index (χ0) is 18.9. The molecule has 0 fully saturated rings. The summed E-state index contributed by atoms with van der Waals surface area (Å²) in [6, 6.07) is 13.5. The third-order valence-corrected chi connectivity index (χ3v) is 5.16. The van der Waals surface area contributed by atoms with Gasteiger partial charge in [0.1, 0.15) is 5.69 Å². The van der Waals surface area contributed by atoms with Crippen LogP contribution in [0.1, 0.15) is 18.7 Å². The topological polar surface area (TPSA) is 86.2 Å². The van der Waals surface area contributed by atoms with Gasteiger partial charge in [-0.1, -0.05) is 42.8 Å². The SMILES string of the molecule is C=CC(C)c1nc(-c2ccccc2S(N)(=O)=O)c(-c2ccc(Cl)cc2)o1. The summed E-state index contributed by atoms with van der Waals surface area (Å²) in [5, 5.41) is 5.96. The largest absolute Gasteiger partial charge is 0.439 e. The number of hydrogen-bond donors (Lipinski definition) is 1. The molecule has 2 aromatic carbocycles. The number of aromatic nitrogens is 1. The smallest absolute Gasteiger partial charge is 0.238 e. The molecule has 1 aromatic heterocycles. The third kappa shape index (κ3) is 3.58. The van der Waals surface area contributed by atoms with E-state index in [9.17, 15) is 8.42 Å². The van der Waals surface area contributed by atoms with Gasteiger partial charge in [0.2, 0.25) is 15.9 Å². The Morgan fingerprint density at radius 3 is 2.46 bits per heavy atom. The molecule has 0 aliphatic carbocycles. The summed E-state index contributed by atoms with van der Waals surface area (Å²) < 4.78 is 30.0. The van der Waals surface area contributed by atoms with Gasteiger partial charge in [-0.05, 0) is 30.3 Å². The summed E-state index contributed by atoms with van der Waals surface area (Å²) in [5.74, 6) is 0.738. The number of oxazole rings is 1. The number of benzene rings is 2.